The van der Waals surface area contributed by atoms with Crippen LogP contribution in [0, 0.1) is 12.8 Å². The van der Waals surface area contributed by atoms with E-state index in [0.717, 1.165) is 17.5 Å². The molecule has 2 atom stereocenters. The maximum Gasteiger partial charge on any atom is 0.243 e. The first-order valence-corrected chi connectivity index (χ1v) is 14.5. The maximum atomic E-state index is 13.6. The average molecular weight is 530 g/mol. The molecule has 2 aromatic carbocycles. The molecule has 1 spiro atoms. The molecular formula is C28H39N3O5S. The van der Waals surface area contributed by atoms with Gasteiger partial charge in [-0.3, -0.25) is 10.1 Å². The Hall–Kier alpha value is -2.62. The monoisotopic (exact) mass is 529 g/mol. The molecule has 8 nitrogen and oxygen atoms in total. The quantitative estimate of drug-likeness (QED) is 0.534. The number of sulfonamides is 1. The molecule has 2 aromatic rings. The number of nitrogens with one attached hydrogen (secondary N) is 1. The SMILES string of the molecule is CC[C@@H](C)[C@H]1NC2(CCN(S(=O)(=O)c3ccc(C)cc3)CC2)N(CCc2ccc(OC)c(OC)c2)C1=O. The van der Waals surface area contributed by atoms with Gasteiger partial charge in [0.15, 0.2) is 11.5 Å². The maximum absolute atomic E-state index is 13.6. The van der Waals surface area contributed by atoms with Crippen molar-refractivity contribution in [2.75, 3.05) is 33.9 Å². The summed E-state index contributed by atoms with van der Waals surface area (Å²) >= 11 is 0. The molecule has 4 rings (SSSR count). The number of piperidine rings is 1. The van der Waals surface area contributed by atoms with Crippen molar-refractivity contribution in [3.8, 4) is 11.5 Å². The summed E-state index contributed by atoms with van der Waals surface area (Å²) < 4.78 is 38.9. The lowest BCUT2D eigenvalue weighted by atomic mass is 9.96. The van der Waals surface area contributed by atoms with E-state index >= 15 is 0 Å². The lowest BCUT2D eigenvalue weighted by Crippen LogP contribution is -2.60. The minimum atomic E-state index is -3.58. The molecule has 202 valence electrons. The van der Waals surface area contributed by atoms with Gasteiger partial charge in [-0.25, -0.2) is 8.42 Å². The Bertz CT molecular complexity index is 1210. The van der Waals surface area contributed by atoms with Gasteiger partial charge in [-0.05, 0) is 61.9 Å². The molecule has 1 amide bonds. The second kappa shape index (κ2) is 11.0. The summed E-state index contributed by atoms with van der Waals surface area (Å²) in [6, 6.07) is 12.5. The van der Waals surface area contributed by atoms with E-state index in [-0.39, 0.29) is 17.9 Å². The van der Waals surface area contributed by atoms with Crippen LogP contribution in [0.25, 0.3) is 0 Å². The highest BCUT2D eigenvalue weighted by molar-refractivity contribution is 7.89. The van der Waals surface area contributed by atoms with E-state index in [1.165, 1.54) is 0 Å². The lowest BCUT2D eigenvalue weighted by Gasteiger charge is -2.44. The number of benzene rings is 2. The Morgan fingerprint density at radius 2 is 1.70 bits per heavy atom. The van der Waals surface area contributed by atoms with Crippen LogP contribution in [0.3, 0.4) is 0 Å². The van der Waals surface area contributed by atoms with Crippen molar-refractivity contribution in [2.45, 2.75) is 63.1 Å². The van der Waals surface area contributed by atoms with Crippen molar-refractivity contribution < 1.29 is 22.7 Å². The molecule has 0 aromatic heterocycles. The van der Waals surface area contributed by atoms with Crippen LogP contribution < -0.4 is 14.8 Å². The van der Waals surface area contributed by atoms with Gasteiger partial charge in [-0.2, -0.15) is 4.31 Å². The van der Waals surface area contributed by atoms with Crippen LogP contribution >= 0.6 is 0 Å². The second-order valence-corrected chi connectivity index (χ2v) is 12.1. The van der Waals surface area contributed by atoms with Gasteiger partial charge in [0.05, 0.1) is 30.8 Å². The third-order valence-electron chi connectivity index (χ3n) is 7.97. The molecule has 2 saturated heterocycles. The summed E-state index contributed by atoms with van der Waals surface area (Å²) in [6.45, 7) is 7.38. The van der Waals surface area contributed by atoms with E-state index in [4.69, 9.17) is 9.47 Å². The minimum Gasteiger partial charge on any atom is -0.493 e. The number of methoxy groups -OCH3 is 2. The van der Waals surface area contributed by atoms with Gasteiger partial charge >= 0.3 is 0 Å². The predicted molar refractivity (Wildman–Crippen MR) is 143 cm³/mol. The fourth-order valence-electron chi connectivity index (χ4n) is 5.40. The number of aryl methyl sites for hydroxylation is 1. The predicted octanol–water partition coefficient (Wildman–Crippen LogP) is 3.58. The minimum absolute atomic E-state index is 0.102. The van der Waals surface area contributed by atoms with Crippen molar-refractivity contribution in [3.05, 3.63) is 53.6 Å². The Labute approximate surface area is 221 Å². The fraction of sp³-hybridized carbons (Fsp3) is 0.536. The highest BCUT2D eigenvalue weighted by Gasteiger charge is 2.53. The van der Waals surface area contributed by atoms with Gasteiger partial charge in [0.2, 0.25) is 15.9 Å². The molecule has 1 N–H and O–H groups in total. The second-order valence-electron chi connectivity index (χ2n) is 10.2. The Balaban J connectivity index is 1.53. The highest BCUT2D eigenvalue weighted by atomic mass is 32.2. The van der Waals surface area contributed by atoms with Gasteiger partial charge in [-0.1, -0.05) is 44.0 Å². The molecule has 0 aliphatic carbocycles. The zero-order valence-electron chi connectivity index (χ0n) is 22.5. The van der Waals surface area contributed by atoms with E-state index in [9.17, 15) is 13.2 Å². The van der Waals surface area contributed by atoms with E-state index < -0.39 is 15.7 Å². The summed E-state index contributed by atoms with van der Waals surface area (Å²) in [7, 11) is -0.366. The van der Waals surface area contributed by atoms with Crippen LogP contribution in [-0.2, 0) is 21.2 Å². The largest absolute Gasteiger partial charge is 0.493 e. The molecule has 2 aliphatic rings. The fourth-order valence-corrected chi connectivity index (χ4v) is 6.84. The number of nitrogens with zero attached hydrogens (tertiary/aromatic N) is 2. The number of amides is 1. The van der Waals surface area contributed by atoms with E-state index in [1.54, 1.807) is 30.7 Å². The van der Waals surface area contributed by atoms with Crippen molar-refractivity contribution in [1.82, 2.24) is 14.5 Å². The van der Waals surface area contributed by atoms with Gasteiger partial charge in [0.1, 0.15) is 0 Å². The molecule has 2 aliphatic heterocycles. The van der Waals surface area contributed by atoms with Crippen LogP contribution in [0.4, 0.5) is 0 Å². The highest BCUT2D eigenvalue weighted by Crippen LogP contribution is 2.37. The summed E-state index contributed by atoms with van der Waals surface area (Å²) in [5, 5.41) is 3.66. The number of carbonyl (C=O) groups is 1. The molecule has 0 radical (unpaired) electrons. The number of rotatable bonds is 9. The Morgan fingerprint density at radius 1 is 1.05 bits per heavy atom. The van der Waals surface area contributed by atoms with Gasteiger partial charge < -0.3 is 14.4 Å². The molecule has 2 heterocycles. The van der Waals surface area contributed by atoms with Crippen molar-refractivity contribution in [3.63, 3.8) is 0 Å². The lowest BCUT2D eigenvalue weighted by molar-refractivity contribution is -0.133. The average Bonchev–Trinajstić information content (AvgIpc) is 3.17. The van der Waals surface area contributed by atoms with E-state index in [0.29, 0.717) is 55.3 Å². The first-order chi connectivity index (χ1) is 17.6. The number of hydrogen-bond acceptors (Lipinski definition) is 6. The number of carbonyl (C=O) groups excluding carboxylic acids is 1. The van der Waals surface area contributed by atoms with E-state index in [1.807, 2.05) is 42.2 Å². The topological polar surface area (TPSA) is 88.2 Å². The third kappa shape index (κ3) is 5.35. The van der Waals surface area contributed by atoms with Crippen LogP contribution in [-0.4, -0.2) is 69.1 Å². The first kappa shape index (κ1) is 27.4. The van der Waals surface area contributed by atoms with Crippen molar-refractivity contribution >= 4 is 15.9 Å². The summed E-state index contributed by atoms with van der Waals surface area (Å²) in [4.78, 5) is 15.9. The molecule has 2 fully saturated rings. The van der Waals surface area contributed by atoms with Gasteiger partial charge in [-0.15, -0.1) is 0 Å². The van der Waals surface area contributed by atoms with Crippen molar-refractivity contribution in [2.24, 2.45) is 5.92 Å². The number of ether oxygens (including phenoxy) is 2. The van der Waals surface area contributed by atoms with Crippen LogP contribution in [0.5, 0.6) is 11.5 Å². The zero-order chi connectivity index (χ0) is 26.8. The molecule has 0 bridgehead atoms. The summed E-state index contributed by atoms with van der Waals surface area (Å²) in [5.41, 5.74) is 1.51. The molecule has 37 heavy (non-hydrogen) atoms. The van der Waals surface area contributed by atoms with Crippen LogP contribution in [0.15, 0.2) is 47.4 Å². The smallest absolute Gasteiger partial charge is 0.243 e. The molecule has 0 saturated carbocycles. The number of hydrogen-bond donors (Lipinski definition) is 1. The van der Waals surface area contributed by atoms with Gasteiger partial charge in [0, 0.05) is 19.6 Å². The molecule has 0 unspecified atom stereocenters. The Kier molecular flexibility index (Phi) is 8.16. The summed E-state index contributed by atoms with van der Waals surface area (Å²) in [6.07, 6.45) is 2.64. The van der Waals surface area contributed by atoms with Gasteiger partial charge in [0.25, 0.3) is 0 Å². The summed E-state index contributed by atoms with van der Waals surface area (Å²) in [5.74, 6) is 1.61. The van der Waals surface area contributed by atoms with Crippen molar-refractivity contribution in [1.29, 1.82) is 0 Å². The molecular weight excluding hydrogens is 490 g/mol. The molecule has 9 heteroatoms. The van der Waals surface area contributed by atoms with Crippen LogP contribution in [0.2, 0.25) is 0 Å². The Morgan fingerprint density at radius 3 is 2.30 bits per heavy atom. The standard InChI is InChI=1S/C28H39N3O5S/c1-6-21(3)26-27(32)31(16-13-22-9-12-24(35-4)25(19-22)36-5)28(29-26)14-17-30(18-15-28)37(33,34)23-10-7-20(2)8-11-23/h7-12,19,21,26,29H,6,13-18H2,1-5H3/t21-,26-/m1/s1. The first-order valence-electron chi connectivity index (χ1n) is 13.0. The third-order valence-corrected chi connectivity index (χ3v) is 9.88. The van der Waals surface area contributed by atoms with E-state index in [2.05, 4.69) is 19.2 Å². The van der Waals surface area contributed by atoms with Crippen LogP contribution in [0.1, 0.15) is 44.2 Å². The normalized spacial score (nSPS) is 20.8. The zero-order valence-corrected chi connectivity index (χ0v) is 23.3.